The molecule has 0 radical (unpaired) electrons. The number of nitrogens with two attached hydrogens (primary N) is 1. The smallest absolute Gasteiger partial charge is 0.248 e. The first kappa shape index (κ1) is 27.2. The van der Waals surface area contributed by atoms with Gasteiger partial charge < -0.3 is 15.4 Å². The molecule has 9 rings (SSSR count). The standard InChI is InChI=1S/C36H21BrN8O2/c37-20-13-15-21(16-14-20)45-22(18-40-43-45)19-44-29-12-6-3-9-25(29)36(35(44)46)26(17-38)34(39)47-33-24-8-2-1-7-23(24)31-32(30(33)36)42-28-11-5-4-10-27(28)41-31/h1-16,18H,19,39H2. The minimum absolute atomic E-state index is 0.00367. The Labute approximate surface area is 275 Å². The van der Waals surface area contributed by atoms with E-state index < -0.39 is 5.41 Å². The number of ether oxygens (including phenoxy) is 1. The molecule has 2 aliphatic heterocycles. The Kier molecular flexibility index (Phi) is 5.75. The molecule has 47 heavy (non-hydrogen) atoms. The largest absolute Gasteiger partial charge is 0.439 e. The maximum Gasteiger partial charge on any atom is 0.248 e. The average Bonchev–Trinajstić information content (AvgIpc) is 3.66. The summed E-state index contributed by atoms with van der Waals surface area (Å²) in [5, 5.41) is 20.8. The molecule has 4 heterocycles. The van der Waals surface area contributed by atoms with Crippen LogP contribution in [0.5, 0.6) is 5.75 Å². The lowest BCUT2D eigenvalue weighted by molar-refractivity contribution is -0.121. The van der Waals surface area contributed by atoms with Gasteiger partial charge in [-0.15, -0.1) is 5.10 Å². The van der Waals surface area contributed by atoms with E-state index in [9.17, 15) is 5.26 Å². The predicted molar refractivity (Wildman–Crippen MR) is 179 cm³/mol. The summed E-state index contributed by atoms with van der Waals surface area (Å²) in [5.74, 6) is -0.122. The number of amides is 1. The van der Waals surface area contributed by atoms with E-state index in [0.717, 1.165) is 15.5 Å². The first-order valence-electron chi connectivity index (χ1n) is 14.8. The number of nitriles is 1. The van der Waals surface area contributed by atoms with Gasteiger partial charge in [-0.05, 0) is 42.5 Å². The topological polar surface area (TPSA) is 136 Å². The fourth-order valence-corrected chi connectivity index (χ4v) is 7.24. The number of halogens is 1. The molecular weight excluding hydrogens is 656 g/mol. The van der Waals surface area contributed by atoms with Crippen molar-refractivity contribution in [3.8, 4) is 17.5 Å². The number of benzene rings is 5. The summed E-state index contributed by atoms with van der Waals surface area (Å²) >= 11 is 3.48. The van der Waals surface area contributed by atoms with Crippen molar-refractivity contribution >= 4 is 60.4 Å². The number of anilines is 1. The van der Waals surface area contributed by atoms with Crippen molar-refractivity contribution in [2.24, 2.45) is 5.73 Å². The fraction of sp³-hybridized carbons (Fsp3) is 0.0556. The highest BCUT2D eigenvalue weighted by Gasteiger charge is 2.60. The second-order valence-electron chi connectivity index (χ2n) is 11.4. The molecule has 0 saturated heterocycles. The number of fused-ring (bicyclic) bond motifs is 10. The van der Waals surface area contributed by atoms with E-state index in [-0.39, 0.29) is 23.9 Å². The zero-order valence-electron chi connectivity index (χ0n) is 24.4. The molecule has 0 aliphatic carbocycles. The van der Waals surface area contributed by atoms with Crippen LogP contribution >= 0.6 is 15.9 Å². The normalized spacial score (nSPS) is 16.9. The molecule has 2 N–H and O–H groups in total. The van der Waals surface area contributed by atoms with Crippen molar-refractivity contribution in [1.82, 2.24) is 25.0 Å². The molecule has 224 valence electrons. The molecule has 0 fully saturated rings. The van der Waals surface area contributed by atoms with Crippen LogP contribution in [-0.4, -0.2) is 30.9 Å². The van der Waals surface area contributed by atoms with Gasteiger partial charge in [0.1, 0.15) is 22.8 Å². The van der Waals surface area contributed by atoms with Gasteiger partial charge in [0.25, 0.3) is 0 Å². The number of carbonyl (C=O) groups excluding carboxylic acids is 1. The number of nitrogens with zero attached hydrogens (tertiary/aromatic N) is 7. The summed E-state index contributed by atoms with van der Waals surface area (Å²) in [6, 6.07) is 32.6. The Morgan fingerprint density at radius 3 is 2.32 bits per heavy atom. The lowest BCUT2D eigenvalue weighted by atomic mass is 9.67. The van der Waals surface area contributed by atoms with Crippen LogP contribution in [0.15, 0.2) is 119 Å². The molecule has 1 unspecified atom stereocenters. The van der Waals surface area contributed by atoms with Gasteiger partial charge in [0.2, 0.25) is 11.8 Å². The lowest BCUT2D eigenvalue weighted by Crippen LogP contribution is -2.46. The number of hydrogen-bond acceptors (Lipinski definition) is 8. The van der Waals surface area contributed by atoms with Crippen molar-refractivity contribution < 1.29 is 9.53 Å². The van der Waals surface area contributed by atoms with Crippen LogP contribution < -0.4 is 15.4 Å². The van der Waals surface area contributed by atoms with Crippen molar-refractivity contribution in [2.75, 3.05) is 4.90 Å². The van der Waals surface area contributed by atoms with Crippen LogP contribution in [-0.2, 0) is 16.8 Å². The Balaban J connectivity index is 1.35. The molecule has 1 spiro atoms. The highest BCUT2D eigenvalue weighted by atomic mass is 79.9. The Hall–Kier alpha value is -6.12. The van der Waals surface area contributed by atoms with E-state index in [1.807, 2.05) is 97.1 Å². The Bertz CT molecular complexity index is 2550. The van der Waals surface area contributed by atoms with E-state index in [2.05, 4.69) is 32.3 Å². The maximum absolute atomic E-state index is 15.4. The minimum atomic E-state index is -1.67. The Morgan fingerprint density at radius 2 is 1.55 bits per heavy atom. The molecule has 1 atom stereocenters. The monoisotopic (exact) mass is 676 g/mol. The van der Waals surface area contributed by atoms with Gasteiger partial charge >= 0.3 is 0 Å². The minimum Gasteiger partial charge on any atom is -0.439 e. The molecule has 10 nitrogen and oxygen atoms in total. The van der Waals surface area contributed by atoms with Crippen molar-refractivity contribution in [3.05, 3.63) is 136 Å². The van der Waals surface area contributed by atoms with Crippen molar-refractivity contribution in [2.45, 2.75) is 12.0 Å². The van der Waals surface area contributed by atoms with Crippen molar-refractivity contribution in [1.29, 1.82) is 5.26 Å². The van der Waals surface area contributed by atoms with E-state index in [0.29, 0.717) is 55.7 Å². The summed E-state index contributed by atoms with van der Waals surface area (Å²) in [5.41, 5.74) is 10.5. The van der Waals surface area contributed by atoms with Gasteiger partial charge in [-0.2, -0.15) is 5.26 Å². The second kappa shape index (κ2) is 9.94. The molecule has 2 aliphatic rings. The highest BCUT2D eigenvalue weighted by molar-refractivity contribution is 9.10. The fourth-order valence-electron chi connectivity index (χ4n) is 6.97. The summed E-state index contributed by atoms with van der Waals surface area (Å²) in [6.07, 6.45) is 1.64. The van der Waals surface area contributed by atoms with E-state index in [1.54, 1.807) is 15.8 Å². The van der Waals surface area contributed by atoms with E-state index in [4.69, 9.17) is 20.4 Å². The first-order valence-corrected chi connectivity index (χ1v) is 15.6. The quantitative estimate of drug-likeness (QED) is 0.173. The number of para-hydroxylation sites is 3. The van der Waals surface area contributed by atoms with Crippen molar-refractivity contribution in [3.63, 3.8) is 0 Å². The van der Waals surface area contributed by atoms with Gasteiger partial charge in [0.15, 0.2) is 0 Å². The molecule has 7 aromatic rings. The Morgan fingerprint density at radius 1 is 0.872 bits per heavy atom. The van der Waals surface area contributed by atoms with Crippen LogP contribution in [0.4, 0.5) is 5.69 Å². The summed E-state index contributed by atoms with van der Waals surface area (Å²) < 4.78 is 8.94. The van der Waals surface area contributed by atoms with Gasteiger partial charge in [0, 0.05) is 32.1 Å². The van der Waals surface area contributed by atoms with E-state index >= 15 is 4.79 Å². The number of aromatic nitrogens is 5. The van der Waals surface area contributed by atoms with E-state index in [1.165, 1.54) is 0 Å². The first-order chi connectivity index (χ1) is 23.0. The zero-order valence-corrected chi connectivity index (χ0v) is 26.0. The molecule has 5 aromatic carbocycles. The van der Waals surface area contributed by atoms with Crippen LogP contribution in [0.25, 0.3) is 38.5 Å². The van der Waals surface area contributed by atoms with Gasteiger partial charge in [-0.3, -0.25) is 4.79 Å². The number of carbonyl (C=O) groups is 1. The van der Waals surface area contributed by atoms with Gasteiger partial charge in [0.05, 0.1) is 46.2 Å². The van der Waals surface area contributed by atoms with Crippen LogP contribution in [0.2, 0.25) is 0 Å². The van der Waals surface area contributed by atoms with Crippen LogP contribution in [0.3, 0.4) is 0 Å². The summed E-state index contributed by atoms with van der Waals surface area (Å²) in [6.45, 7) is 0.121. The second-order valence-corrected chi connectivity index (χ2v) is 12.3. The predicted octanol–water partition coefficient (Wildman–Crippen LogP) is 6.20. The summed E-state index contributed by atoms with van der Waals surface area (Å²) in [4.78, 5) is 27.2. The summed E-state index contributed by atoms with van der Waals surface area (Å²) in [7, 11) is 0. The highest BCUT2D eigenvalue weighted by Crippen LogP contribution is 2.58. The third kappa shape index (κ3) is 3.67. The van der Waals surface area contributed by atoms with Crippen LogP contribution in [0, 0.1) is 11.3 Å². The number of rotatable bonds is 3. The molecule has 2 aromatic heterocycles. The molecule has 0 bridgehead atoms. The molecular formula is C36H21BrN8O2. The molecule has 11 heteroatoms. The van der Waals surface area contributed by atoms with Gasteiger partial charge in [-0.1, -0.05) is 75.7 Å². The molecule has 1 amide bonds. The maximum atomic E-state index is 15.4. The van der Waals surface area contributed by atoms with Crippen LogP contribution in [0.1, 0.15) is 16.8 Å². The third-order valence-electron chi connectivity index (χ3n) is 8.96. The SMILES string of the molecule is N#CC1=C(N)Oc2c(c3nc4ccccc4nc3c3ccccc23)C12C(=O)N(Cc1cnnn1-c1ccc(Br)cc1)c1ccccc12. The van der Waals surface area contributed by atoms with Gasteiger partial charge in [-0.25, -0.2) is 14.6 Å². The molecule has 0 saturated carbocycles. The third-order valence-corrected chi connectivity index (χ3v) is 9.49. The zero-order chi connectivity index (χ0) is 31.9. The lowest BCUT2D eigenvalue weighted by Gasteiger charge is -2.35. The average molecular weight is 678 g/mol. The number of hydrogen-bond donors (Lipinski definition) is 1.